The van der Waals surface area contributed by atoms with Crippen LogP contribution in [-0.2, 0) is 16.6 Å². The number of benzene rings is 2. The monoisotopic (exact) mass is 354 g/mol. The SMILES string of the molecule is CS(=O)(=O)N(Cc1ccncc1)c1ccc(Oc2ccccc2)cc1. The summed E-state index contributed by atoms with van der Waals surface area (Å²) in [6.07, 6.45) is 4.49. The lowest BCUT2D eigenvalue weighted by molar-refractivity contribution is 0.482. The normalized spacial score (nSPS) is 11.1. The second-order valence-electron chi connectivity index (χ2n) is 5.53. The fourth-order valence-electron chi connectivity index (χ4n) is 2.36. The first-order chi connectivity index (χ1) is 12.0. The Bertz CT molecular complexity index is 912. The third-order valence-electron chi connectivity index (χ3n) is 3.58. The van der Waals surface area contributed by atoms with Crippen molar-refractivity contribution in [3.05, 3.63) is 84.7 Å². The molecule has 0 saturated heterocycles. The Morgan fingerprint density at radius 1 is 0.880 bits per heavy atom. The lowest BCUT2D eigenvalue weighted by Gasteiger charge is -2.22. The molecule has 0 N–H and O–H groups in total. The van der Waals surface area contributed by atoms with Gasteiger partial charge in [-0.05, 0) is 54.1 Å². The summed E-state index contributed by atoms with van der Waals surface area (Å²) in [6, 6.07) is 20.0. The van der Waals surface area contributed by atoms with Crippen LogP contribution in [0.15, 0.2) is 79.1 Å². The van der Waals surface area contributed by atoms with Gasteiger partial charge in [0.15, 0.2) is 0 Å². The van der Waals surface area contributed by atoms with Crippen molar-refractivity contribution < 1.29 is 13.2 Å². The van der Waals surface area contributed by atoms with E-state index in [0.29, 0.717) is 11.4 Å². The molecule has 0 unspecified atom stereocenters. The Kier molecular flexibility index (Phi) is 5.00. The van der Waals surface area contributed by atoms with Gasteiger partial charge in [0.2, 0.25) is 10.0 Å². The maximum Gasteiger partial charge on any atom is 0.232 e. The first kappa shape index (κ1) is 17.0. The molecule has 1 heterocycles. The van der Waals surface area contributed by atoms with E-state index < -0.39 is 10.0 Å². The van der Waals surface area contributed by atoms with Crippen molar-refractivity contribution in [2.45, 2.75) is 6.54 Å². The van der Waals surface area contributed by atoms with Crippen molar-refractivity contribution in [3.8, 4) is 11.5 Å². The highest BCUT2D eigenvalue weighted by Crippen LogP contribution is 2.26. The van der Waals surface area contributed by atoms with Crippen LogP contribution in [0, 0.1) is 0 Å². The number of hydrogen-bond donors (Lipinski definition) is 0. The number of aromatic nitrogens is 1. The van der Waals surface area contributed by atoms with Gasteiger partial charge in [-0.1, -0.05) is 18.2 Å². The van der Waals surface area contributed by atoms with Crippen molar-refractivity contribution in [2.75, 3.05) is 10.6 Å². The molecule has 0 radical (unpaired) electrons. The first-order valence-corrected chi connectivity index (χ1v) is 9.57. The van der Waals surface area contributed by atoms with Gasteiger partial charge in [0.1, 0.15) is 11.5 Å². The van der Waals surface area contributed by atoms with Gasteiger partial charge in [0.25, 0.3) is 0 Å². The third kappa shape index (κ3) is 4.58. The van der Waals surface area contributed by atoms with Crippen LogP contribution in [0.2, 0.25) is 0 Å². The first-order valence-electron chi connectivity index (χ1n) is 7.72. The van der Waals surface area contributed by atoms with Crippen LogP contribution in [0.5, 0.6) is 11.5 Å². The zero-order valence-corrected chi connectivity index (χ0v) is 14.6. The number of para-hydroxylation sites is 1. The number of anilines is 1. The predicted molar refractivity (Wildman–Crippen MR) is 98.2 cm³/mol. The van der Waals surface area contributed by atoms with Gasteiger partial charge in [0, 0.05) is 12.4 Å². The van der Waals surface area contributed by atoms with Crippen molar-refractivity contribution in [1.82, 2.24) is 4.98 Å². The molecule has 2 aromatic carbocycles. The van der Waals surface area contributed by atoms with Crippen LogP contribution < -0.4 is 9.04 Å². The third-order valence-corrected chi connectivity index (χ3v) is 4.72. The lowest BCUT2D eigenvalue weighted by atomic mass is 10.2. The van der Waals surface area contributed by atoms with Crippen LogP contribution in [0.3, 0.4) is 0 Å². The zero-order valence-electron chi connectivity index (χ0n) is 13.7. The van der Waals surface area contributed by atoms with Crippen LogP contribution in [0.4, 0.5) is 5.69 Å². The molecule has 5 nitrogen and oxygen atoms in total. The number of rotatable bonds is 6. The van der Waals surface area contributed by atoms with E-state index in [2.05, 4.69) is 4.98 Å². The molecule has 0 saturated carbocycles. The van der Waals surface area contributed by atoms with Gasteiger partial charge in [-0.25, -0.2) is 8.42 Å². The Hall–Kier alpha value is -2.86. The fourth-order valence-corrected chi connectivity index (χ4v) is 3.25. The summed E-state index contributed by atoms with van der Waals surface area (Å²) < 4.78 is 31.5. The maximum atomic E-state index is 12.2. The van der Waals surface area contributed by atoms with Crippen LogP contribution >= 0.6 is 0 Å². The molecule has 0 aliphatic carbocycles. The smallest absolute Gasteiger partial charge is 0.232 e. The Balaban J connectivity index is 1.82. The Labute approximate surface area is 147 Å². The van der Waals surface area contributed by atoms with E-state index in [9.17, 15) is 8.42 Å². The molecule has 3 aromatic rings. The van der Waals surface area contributed by atoms with Crippen LogP contribution in [0.1, 0.15) is 5.56 Å². The summed E-state index contributed by atoms with van der Waals surface area (Å²) in [5, 5.41) is 0. The highest BCUT2D eigenvalue weighted by Gasteiger charge is 2.18. The second kappa shape index (κ2) is 7.36. The summed E-state index contributed by atoms with van der Waals surface area (Å²) in [4.78, 5) is 3.95. The molecule has 0 bridgehead atoms. The minimum atomic E-state index is -3.42. The van der Waals surface area contributed by atoms with E-state index >= 15 is 0 Å². The van der Waals surface area contributed by atoms with Gasteiger partial charge in [0.05, 0.1) is 18.5 Å². The molecule has 128 valence electrons. The number of nitrogens with zero attached hydrogens (tertiary/aromatic N) is 2. The van der Waals surface area contributed by atoms with Gasteiger partial charge < -0.3 is 4.74 Å². The predicted octanol–water partition coefficient (Wildman–Crippen LogP) is 3.84. The van der Waals surface area contributed by atoms with E-state index in [1.165, 1.54) is 10.6 Å². The molecule has 0 fully saturated rings. The number of pyridine rings is 1. The molecule has 25 heavy (non-hydrogen) atoms. The summed E-state index contributed by atoms with van der Waals surface area (Å²) >= 11 is 0. The second-order valence-corrected chi connectivity index (χ2v) is 7.44. The maximum absolute atomic E-state index is 12.2. The lowest BCUT2D eigenvalue weighted by Crippen LogP contribution is -2.29. The molecule has 3 rings (SSSR count). The minimum absolute atomic E-state index is 0.250. The summed E-state index contributed by atoms with van der Waals surface area (Å²) in [7, 11) is -3.42. The van der Waals surface area contributed by atoms with Gasteiger partial charge in [-0.3, -0.25) is 9.29 Å². The van der Waals surface area contributed by atoms with Gasteiger partial charge in [-0.2, -0.15) is 0 Å². The Morgan fingerprint density at radius 3 is 2.08 bits per heavy atom. The molecular formula is C19H18N2O3S. The fraction of sp³-hybridized carbons (Fsp3) is 0.105. The molecule has 0 aliphatic rings. The summed E-state index contributed by atoms with van der Waals surface area (Å²) in [5.74, 6) is 1.37. The summed E-state index contributed by atoms with van der Waals surface area (Å²) in [6.45, 7) is 0.250. The number of sulfonamides is 1. The topological polar surface area (TPSA) is 59.5 Å². The molecule has 6 heteroatoms. The quantitative estimate of drug-likeness (QED) is 0.675. The summed E-state index contributed by atoms with van der Waals surface area (Å²) in [5.41, 5.74) is 1.45. The molecule has 0 spiro atoms. The van der Waals surface area contributed by atoms with Crippen LogP contribution in [-0.4, -0.2) is 19.7 Å². The van der Waals surface area contributed by atoms with Crippen molar-refractivity contribution in [1.29, 1.82) is 0 Å². The van der Waals surface area contributed by atoms with Crippen molar-refractivity contribution in [2.24, 2.45) is 0 Å². The number of hydrogen-bond acceptors (Lipinski definition) is 4. The standard InChI is InChI=1S/C19H18N2O3S/c1-25(22,23)21(15-16-11-13-20-14-12-16)17-7-9-19(10-8-17)24-18-5-3-2-4-6-18/h2-14H,15H2,1H3. The van der Waals surface area contributed by atoms with Gasteiger partial charge >= 0.3 is 0 Å². The highest BCUT2D eigenvalue weighted by atomic mass is 32.2. The van der Waals surface area contributed by atoms with E-state index in [1.54, 1.807) is 48.8 Å². The molecule has 0 atom stereocenters. The highest BCUT2D eigenvalue weighted by molar-refractivity contribution is 7.92. The molecule has 0 aliphatic heterocycles. The van der Waals surface area contributed by atoms with E-state index in [-0.39, 0.29) is 6.54 Å². The van der Waals surface area contributed by atoms with Crippen molar-refractivity contribution in [3.63, 3.8) is 0 Å². The minimum Gasteiger partial charge on any atom is -0.457 e. The largest absolute Gasteiger partial charge is 0.457 e. The van der Waals surface area contributed by atoms with E-state index in [1.807, 2.05) is 30.3 Å². The molecule has 1 aromatic heterocycles. The molecular weight excluding hydrogens is 336 g/mol. The van der Waals surface area contributed by atoms with Crippen LogP contribution in [0.25, 0.3) is 0 Å². The van der Waals surface area contributed by atoms with Gasteiger partial charge in [-0.15, -0.1) is 0 Å². The Morgan fingerprint density at radius 2 is 1.48 bits per heavy atom. The van der Waals surface area contributed by atoms with Crippen molar-refractivity contribution >= 4 is 15.7 Å². The number of ether oxygens (including phenoxy) is 1. The average molecular weight is 354 g/mol. The zero-order chi connectivity index (χ0) is 17.7. The van der Waals surface area contributed by atoms with E-state index in [0.717, 1.165) is 11.3 Å². The van der Waals surface area contributed by atoms with E-state index in [4.69, 9.17) is 4.74 Å². The molecule has 0 amide bonds. The average Bonchev–Trinajstić information content (AvgIpc) is 2.61.